The third-order valence-electron chi connectivity index (χ3n) is 4.45. The van der Waals surface area contributed by atoms with Crippen molar-refractivity contribution in [3.05, 3.63) is 59.9 Å². The van der Waals surface area contributed by atoms with Gasteiger partial charge in [0.1, 0.15) is 11.4 Å². The Bertz CT molecular complexity index is 667. The number of hydrogen-bond acceptors (Lipinski definition) is 3. The fraction of sp³-hybridized carbons (Fsp3) is 0.450. The minimum Gasteiger partial charge on any atom is -0.385 e. The predicted octanol–water partition coefficient (Wildman–Crippen LogP) is 3.08. The lowest BCUT2D eigenvalue weighted by Gasteiger charge is -2.42. The van der Waals surface area contributed by atoms with Crippen molar-refractivity contribution in [2.45, 2.75) is 33.0 Å². The maximum Gasteiger partial charge on any atom is 0.272 e. The maximum atomic E-state index is 12.6. The number of hydrogen-bond donors (Lipinski definition) is 1. The summed E-state index contributed by atoms with van der Waals surface area (Å²) in [6.07, 6.45) is 1.98. The van der Waals surface area contributed by atoms with Gasteiger partial charge >= 0.3 is 0 Å². The first kappa shape index (κ1) is 19.2. The van der Waals surface area contributed by atoms with Crippen molar-refractivity contribution in [3.8, 4) is 0 Å². The van der Waals surface area contributed by atoms with Crippen molar-refractivity contribution in [1.82, 2.24) is 14.8 Å². The largest absolute Gasteiger partial charge is 0.385 e. The Morgan fingerprint density at radius 2 is 1.84 bits per heavy atom. The van der Waals surface area contributed by atoms with Crippen LogP contribution in [0.25, 0.3) is 0 Å². The van der Waals surface area contributed by atoms with Gasteiger partial charge in [-0.05, 0) is 24.6 Å². The third-order valence-corrected chi connectivity index (χ3v) is 4.45. The van der Waals surface area contributed by atoms with Crippen LogP contribution in [0.3, 0.4) is 0 Å². The lowest BCUT2D eigenvalue weighted by Crippen LogP contribution is -2.57. The third kappa shape index (κ3) is 3.62. The standard InChI is InChI=1S/C15H15N3O.C3H8O.C2H6/c19-14-13-7-4-9-17(13)11-15(16-8-10-18(14)15)12-5-2-1-3-6-12;1-3-4-2;1-2/h1-7,9,16H,8,10-11H2;3H2,1-2H3;1-2H3. The number of rotatable bonds is 2. The molecule has 1 fully saturated rings. The minimum atomic E-state index is -0.385. The van der Waals surface area contributed by atoms with Crippen molar-refractivity contribution >= 4 is 5.91 Å². The number of ether oxygens (including phenoxy) is 1. The van der Waals surface area contributed by atoms with Crippen LogP contribution in [0, 0.1) is 0 Å². The molecule has 5 heteroatoms. The molecule has 2 aliphatic heterocycles. The molecule has 0 bridgehead atoms. The summed E-state index contributed by atoms with van der Waals surface area (Å²) in [5.74, 6) is 0.116. The van der Waals surface area contributed by atoms with Crippen LogP contribution in [0.1, 0.15) is 36.8 Å². The Hall–Kier alpha value is -2.11. The second kappa shape index (κ2) is 8.83. The smallest absolute Gasteiger partial charge is 0.272 e. The van der Waals surface area contributed by atoms with Crippen LogP contribution in [0.2, 0.25) is 0 Å². The van der Waals surface area contributed by atoms with E-state index in [1.807, 2.05) is 66.8 Å². The van der Waals surface area contributed by atoms with E-state index in [4.69, 9.17) is 0 Å². The summed E-state index contributed by atoms with van der Waals surface area (Å²) in [7, 11) is 1.68. The lowest BCUT2D eigenvalue weighted by molar-refractivity contribution is 0.0398. The first-order chi connectivity index (χ1) is 12.2. The number of methoxy groups -OCH3 is 1. The predicted molar refractivity (Wildman–Crippen MR) is 100 cm³/mol. The molecule has 1 atom stereocenters. The highest BCUT2D eigenvalue weighted by atomic mass is 16.5. The van der Waals surface area contributed by atoms with E-state index in [2.05, 4.69) is 22.2 Å². The minimum absolute atomic E-state index is 0.116. The first-order valence-corrected chi connectivity index (χ1v) is 8.99. The fourth-order valence-corrected chi connectivity index (χ4v) is 3.27. The van der Waals surface area contributed by atoms with Gasteiger partial charge in [-0.1, -0.05) is 44.2 Å². The molecule has 0 radical (unpaired) electrons. The Morgan fingerprint density at radius 1 is 1.16 bits per heavy atom. The normalized spacial score (nSPS) is 20.6. The SMILES string of the molecule is CC.CCOC.O=C1c2cccn2CC2(c3ccccc3)NCCN12. The molecule has 136 valence electrons. The van der Waals surface area contributed by atoms with Crippen LogP contribution >= 0.6 is 0 Å². The monoisotopic (exact) mass is 343 g/mol. The maximum absolute atomic E-state index is 12.6. The molecule has 5 nitrogen and oxygen atoms in total. The first-order valence-electron chi connectivity index (χ1n) is 8.99. The molecule has 1 amide bonds. The van der Waals surface area contributed by atoms with Crippen molar-refractivity contribution in [2.24, 2.45) is 0 Å². The van der Waals surface area contributed by atoms with Gasteiger partial charge in [0.2, 0.25) is 0 Å². The summed E-state index contributed by atoms with van der Waals surface area (Å²) < 4.78 is 6.59. The summed E-state index contributed by atoms with van der Waals surface area (Å²) in [6, 6.07) is 14.1. The highest BCUT2D eigenvalue weighted by molar-refractivity contribution is 5.94. The van der Waals surface area contributed by atoms with Crippen molar-refractivity contribution in [2.75, 3.05) is 26.8 Å². The Morgan fingerprint density at radius 3 is 2.48 bits per heavy atom. The van der Waals surface area contributed by atoms with E-state index in [-0.39, 0.29) is 11.6 Å². The molecule has 4 rings (SSSR count). The molecule has 1 aromatic heterocycles. The van der Waals surface area contributed by atoms with Crippen molar-refractivity contribution in [1.29, 1.82) is 0 Å². The number of aromatic nitrogens is 1. The molecule has 0 saturated carbocycles. The van der Waals surface area contributed by atoms with Gasteiger partial charge in [0.15, 0.2) is 0 Å². The Labute approximate surface area is 150 Å². The van der Waals surface area contributed by atoms with Gasteiger partial charge in [0.05, 0.1) is 6.54 Å². The zero-order valence-corrected chi connectivity index (χ0v) is 15.7. The lowest BCUT2D eigenvalue weighted by atomic mass is 9.96. The van der Waals surface area contributed by atoms with Gasteiger partial charge in [-0.25, -0.2) is 0 Å². The number of amides is 1. The molecule has 1 aromatic carbocycles. The Kier molecular flexibility index (Phi) is 6.79. The highest BCUT2D eigenvalue weighted by Crippen LogP contribution is 2.36. The van der Waals surface area contributed by atoms with E-state index in [1.54, 1.807) is 7.11 Å². The van der Waals surface area contributed by atoms with E-state index < -0.39 is 0 Å². The van der Waals surface area contributed by atoms with E-state index in [0.717, 1.165) is 37.5 Å². The highest BCUT2D eigenvalue weighted by Gasteiger charge is 2.48. The molecule has 1 saturated heterocycles. The Balaban J connectivity index is 0.000000334. The van der Waals surface area contributed by atoms with E-state index in [9.17, 15) is 4.79 Å². The van der Waals surface area contributed by atoms with Crippen LogP contribution in [-0.4, -0.2) is 42.2 Å². The van der Waals surface area contributed by atoms with Gasteiger partial charge in [-0.2, -0.15) is 0 Å². The molecular weight excluding hydrogens is 314 g/mol. The van der Waals surface area contributed by atoms with Crippen molar-refractivity contribution in [3.63, 3.8) is 0 Å². The number of nitrogens with zero attached hydrogens (tertiary/aromatic N) is 2. The molecule has 0 aliphatic carbocycles. The molecule has 0 spiro atoms. The van der Waals surface area contributed by atoms with Gasteiger partial charge in [-0.3, -0.25) is 10.1 Å². The van der Waals surface area contributed by atoms with Crippen molar-refractivity contribution < 1.29 is 9.53 Å². The topological polar surface area (TPSA) is 46.5 Å². The molecular formula is C20H29N3O2. The summed E-state index contributed by atoms with van der Waals surface area (Å²) in [5.41, 5.74) is 1.56. The van der Waals surface area contributed by atoms with E-state index >= 15 is 0 Å². The van der Waals surface area contributed by atoms with Crippen LogP contribution in [-0.2, 0) is 16.9 Å². The quantitative estimate of drug-likeness (QED) is 0.911. The molecule has 2 aliphatic rings. The number of carbonyl (C=O) groups excluding carboxylic acids is 1. The fourth-order valence-electron chi connectivity index (χ4n) is 3.27. The molecule has 3 heterocycles. The second-order valence-corrected chi connectivity index (χ2v) is 5.71. The zero-order chi connectivity index (χ0) is 18.3. The number of benzene rings is 1. The summed E-state index contributed by atoms with van der Waals surface area (Å²) >= 11 is 0. The van der Waals surface area contributed by atoms with E-state index in [0.29, 0.717) is 0 Å². The van der Waals surface area contributed by atoms with Crippen LogP contribution < -0.4 is 5.32 Å². The van der Waals surface area contributed by atoms with Crippen LogP contribution in [0.5, 0.6) is 0 Å². The second-order valence-electron chi connectivity index (χ2n) is 5.71. The van der Waals surface area contributed by atoms with Gasteiger partial charge in [-0.15, -0.1) is 0 Å². The number of fused-ring (bicyclic) bond motifs is 2. The number of carbonyl (C=O) groups is 1. The average Bonchev–Trinajstić information content (AvgIpc) is 3.32. The summed E-state index contributed by atoms with van der Waals surface area (Å²) in [5, 5.41) is 3.53. The molecule has 2 aromatic rings. The zero-order valence-electron chi connectivity index (χ0n) is 15.7. The van der Waals surface area contributed by atoms with Gasteiger partial charge in [0, 0.05) is 33.0 Å². The van der Waals surface area contributed by atoms with Gasteiger partial charge < -0.3 is 14.2 Å². The van der Waals surface area contributed by atoms with Crippen LogP contribution in [0.4, 0.5) is 0 Å². The van der Waals surface area contributed by atoms with Crippen LogP contribution in [0.15, 0.2) is 48.7 Å². The molecule has 25 heavy (non-hydrogen) atoms. The number of nitrogens with one attached hydrogen (secondary N) is 1. The van der Waals surface area contributed by atoms with E-state index in [1.165, 1.54) is 0 Å². The summed E-state index contributed by atoms with van der Waals surface area (Å²) in [6.45, 7) is 9.15. The average molecular weight is 343 g/mol. The molecule has 1 unspecified atom stereocenters. The molecule has 1 N–H and O–H groups in total. The summed E-state index contributed by atoms with van der Waals surface area (Å²) in [4.78, 5) is 14.6. The van der Waals surface area contributed by atoms with Gasteiger partial charge in [0.25, 0.3) is 5.91 Å².